The third-order valence-electron chi connectivity index (χ3n) is 4.04. The first-order valence-corrected chi connectivity index (χ1v) is 7.80. The van der Waals surface area contributed by atoms with E-state index >= 15 is 0 Å². The van der Waals surface area contributed by atoms with Gasteiger partial charge < -0.3 is 9.84 Å². The Bertz CT molecular complexity index is 877. The molecule has 0 bridgehead atoms. The lowest BCUT2D eigenvalue weighted by Gasteiger charge is -2.14. The van der Waals surface area contributed by atoms with Crippen molar-refractivity contribution in [1.29, 1.82) is 0 Å². The van der Waals surface area contributed by atoms with Crippen molar-refractivity contribution in [3.63, 3.8) is 0 Å². The first-order chi connectivity index (χ1) is 12.1. The zero-order valence-corrected chi connectivity index (χ0v) is 13.8. The summed E-state index contributed by atoms with van der Waals surface area (Å²) < 4.78 is 5.44. The summed E-state index contributed by atoms with van der Waals surface area (Å²) >= 11 is 0. The molecule has 0 atom stereocenters. The van der Waals surface area contributed by atoms with Crippen molar-refractivity contribution in [1.82, 2.24) is 0 Å². The molecule has 0 fully saturated rings. The van der Waals surface area contributed by atoms with Gasteiger partial charge in [0, 0.05) is 12.0 Å². The fourth-order valence-corrected chi connectivity index (χ4v) is 2.77. The molecule has 3 N–H and O–H groups in total. The van der Waals surface area contributed by atoms with Crippen molar-refractivity contribution in [2.45, 2.75) is 6.42 Å². The van der Waals surface area contributed by atoms with Crippen LogP contribution in [0.25, 0.3) is 11.1 Å². The highest BCUT2D eigenvalue weighted by molar-refractivity contribution is 5.74. The van der Waals surface area contributed by atoms with E-state index in [4.69, 9.17) is 4.74 Å². The average Bonchev–Trinajstić information content (AvgIpc) is 2.63. The van der Waals surface area contributed by atoms with Gasteiger partial charge in [0.1, 0.15) is 11.5 Å². The van der Waals surface area contributed by atoms with Gasteiger partial charge in [0.15, 0.2) is 0 Å². The normalized spacial score (nSPS) is 10.5. The van der Waals surface area contributed by atoms with Crippen LogP contribution in [-0.4, -0.2) is 22.6 Å². The summed E-state index contributed by atoms with van der Waals surface area (Å²) in [6.45, 7) is 0. The molecule has 5 heteroatoms. The second-order valence-electron chi connectivity index (χ2n) is 5.68. The molecule has 0 aromatic heterocycles. The largest absolute Gasteiger partial charge is 0.508 e. The van der Waals surface area contributed by atoms with Crippen LogP contribution in [0.1, 0.15) is 11.1 Å². The van der Waals surface area contributed by atoms with Crippen molar-refractivity contribution in [2.24, 2.45) is 0 Å². The summed E-state index contributed by atoms with van der Waals surface area (Å²) in [5.41, 5.74) is 3.73. The minimum atomic E-state index is 0.0852. The van der Waals surface area contributed by atoms with Gasteiger partial charge in [0.2, 0.25) is 0 Å². The number of methoxy groups -OCH3 is 1. The molecule has 0 saturated heterocycles. The van der Waals surface area contributed by atoms with Crippen molar-refractivity contribution >= 4 is 5.69 Å². The van der Waals surface area contributed by atoms with Crippen LogP contribution in [0.4, 0.5) is 5.69 Å². The summed E-state index contributed by atoms with van der Waals surface area (Å²) in [6.07, 6.45) is 0.579. The molecule has 0 aliphatic carbocycles. The van der Waals surface area contributed by atoms with E-state index in [0.717, 1.165) is 22.3 Å². The minimum Gasteiger partial charge on any atom is -0.508 e. The highest BCUT2D eigenvalue weighted by atomic mass is 16.8. The van der Waals surface area contributed by atoms with Crippen LogP contribution in [0, 0.1) is 0 Å². The first-order valence-electron chi connectivity index (χ1n) is 7.80. The maximum absolute atomic E-state index is 9.97. The van der Waals surface area contributed by atoms with Crippen LogP contribution in [-0.2, 0) is 6.42 Å². The summed E-state index contributed by atoms with van der Waals surface area (Å²) in [5, 5.41) is 28.5. The smallest absolute Gasteiger partial charge is 0.126 e. The summed E-state index contributed by atoms with van der Waals surface area (Å²) in [4.78, 5) is 0. The zero-order valence-electron chi connectivity index (χ0n) is 13.8. The van der Waals surface area contributed by atoms with Crippen LogP contribution in [0.3, 0.4) is 0 Å². The van der Waals surface area contributed by atoms with E-state index < -0.39 is 0 Å². The lowest BCUT2D eigenvalue weighted by atomic mass is 9.97. The first kappa shape index (κ1) is 16.8. The van der Waals surface area contributed by atoms with Crippen LogP contribution in [0.2, 0.25) is 0 Å². The lowest BCUT2D eigenvalue weighted by Crippen LogP contribution is -2.10. The fourth-order valence-electron chi connectivity index (χ4n) is 2.77. The molecule has 0 saturated carbocycles. The molecule has 3 aromatic carbocycles. The number of phenolic OH excluding ortho intramolecular Hbond substituents is 1. The monoisotopic (exact) mass is 337 g/mol. The number of anilines is 1. The Labute approximate surface area is 145 Å². The number of benzene rings is 3. The Morgan fingerprint density at radius 3 is 2.44 bits per heavy atom. The molecule has 0 radical (unpaired) electrons. The second-order valence-corrected chi connectivity index (χ2v) is 5.68. The van der Waals surface area contributed by atoms with E-state index in [1.54, 1.807) is 37.4 Å². The van der Waals surface area contributed by atoms with Gasteiger partial charge in [0.25, 0.3) is 0 Å². The quantitative estimate of drug-likeness (QED) is 0.607. The number of para-hydroxylation sites is 1. The van der Waals surface area contributed by atoms with Gasteiger partial charge in [-0.15, -0.1) is 5.23 Å². The zero-order chi connectivity index (χ0) is 17.8. The number of hydrogen-bond acceptors (Lipinski definition) is 5. The molecule has 0 spiro atoms. The van der Waals surface area contributed by atoms with E-state index in [1.807, 2.05) is 36.4 Å². The number of aromatic hydroxyl groups is 1. The molecule has 5 nitrogen and oxygen atoms in total. The Morgan fingerprint density at radius 1 is 0.920 bits per heavy atom. The Hall–Kier alpha value is -3.02. The summed E-state index contributed by atoms with van der Waals surface area (Å²) in [6, 6.07) is 19.9. The van der Waals surface area contributed by atoms with Gasteiger partial charge in [-0.25, -0.2) is 0 Å². The second kappa shape index (κ2) is 7.25. The molecular weight excluding hydrogens is 318 g/mol. The lowest BCUT2D eigenvalue weighted by molar-refractivity contribution is 0.0292. The van der Waals surface area contributed by atoms with Crippen molar-refractivity contribution in [2.75, 3.05) is 12.3 Å². The van der Waals surface area contributed by atoms with E-state index in [0.29, 0.717) is 12.2 Å². The number of phenols is 1. The van der Waals surface area contributed by atoms with Gasteiger partial charge >= 0.3 is 0 Å². The third-order valence-corrected chi connectivity index (χ3v) is 4.04. The van der Waals surface area contributed by atoms with Gasteiger partial charge in [-0.2, -0.15) is 0 Å². The van der Waals surface area contributed by atoms with Gasteiger partial charge in [0.05, 0.1) is 12.8 Å². The predicted molar refractivity (Wildman–Crippen MR) is 95.4 cm³/mol. The predicted octanol–water partition coefficient (Wildman–Crippen LogP) is 4.24. The topological polar surface area (TPSA) is 73.2 Å². The van der Waals surface area contributed by atoms with Gasteiger partial charge in [-0.3, -0.25) is 10.4 Å². The number of hydrogen-bond donors (Lipinski definition) is 3. The van der Waals surface area contributed by atoms with E-state index in [2.05, 4.69) is 0 Å². The van der Waals surface area contributed by atoms with Crippen molar-refractivity contribution in [3.05, 3.63) is 77.9 Å². The molecule has 0 unspecified atom stereocenters. The Balaban J connectivity index is 2.01. The average molecular weight is 337 g/mol. The SMILES string of the molecule is COc1ccc(Cc2ccccc2O)cc1-c1cccc(N(O)O)c1. The van der Waals surface area contributed by atoms with Crippen LogP contribution in [0.15, 0.2) is 66.7 Å². The molecule has 0 aliphatic rings. The molecule has 25 heavy (non-hydrogen) atoms. The Kier molecular flexibility index (Phi) is 4.88. The number of ether oxygens (including phenoxy) is 1. The standard InChI is InChI=1S/C20H19NO4/c1-25-20-10-9-14(11-16-5-2-3-8-19(16)22)12-18(20)15-6-4-7-17(13-15)21(23)24/h2-10,12-13,22-24H,11H2,1H3. The van der Waals surface area contributed by atoms with Crippen LogP contribution < -0.4 is 9.96 Å². The third kappa shape index (κ3) is 3.74. The maximum atomic E-state index is 9.97. The molecule has 3 aromatic rings. The van der Waals surface area contributed by atoms with E-state index in [1.165, 1.54) is 0 Å². The summed E-state index contributed by atoms with van der Waals surface area (Å²) in [5.74, 6) is 0.943. The van der Waals surface area contributed by atoms with Gasteiger partial charge in [-0.1, -0.05) is 36.4 Å². The van der Waals surface area contributed by atoms with Crippen LogP contribution in [0.5, 0.6) is 11.5 Å². The molecule has 128 valence electrons. The van der Waals surface area contributed by atoms with Crippen LogP contribution >= 0.6 is 0 Å². The minimum absolute atomic E-state index is 0.0852. The Morgan fingerprint density at radius 2 is 1.72 bits per heavy atom. The fraction of sp³-hybridized carbons (Fsp3) is 0.100. The molecule has 0 heterocycles. The van der Waals surface area contributed by atoms with E-state index in [-0.39, 0.29) is 16.7 Å². The van der Waals surface area contributed by atoms with Gasteiger partial charge in [-0.05, 0) is 47.0 Å². The highest BCUT2D eigenvalue weighted by Gasteiger charge is 2.10. The number of rotatable bonds is 5. The van der Waals surface area contributed by atoms with Crippen molar-refractivity contribution < 1.29 is 20.3 Å². The van der Waals surface area contributed by atoms with Crippen molar-refractivity contribution in [3.8, 4) is 22.6 Å². The maximum Gasteiger partial charge on any atom is 0.126 e. The molecule has 0 aliphatic heterocycles. The molecular formula is C20H19NO4. The highest BCUT2D eigenvalue weighted by Crippen LogP contribution is 2.33. The van der Waals surface area contributed by atoms with E-state index in [9.17, 15) is 15.5 Å². The molecule has 3 rings (SSSR count). The molecule has 0 amide bonds. The number of nitrogens with zero attached hydrogens (tertiary/aromatic N) is 1. The summed E-state index contributed by atoms with van der Waals surface area (Å²) in [7, 11) is 1.59.